The normalized spacial score (nSPS) is 10.6. The summed E-state index contributed by atoms with van der Waals surface area (Å²) in [4.78, 5) is 4.36. The number of benzene rings is 1. The van der Waals surface area contributed by atoms with Gasteiger partial charge in [-0.3, -0.25) is 4.98 Å². The van der Waals surface area contributed by atoms with E-state index in [9.17, 15) is 5.11 Å². The number of nitrogens with zero attached hydrogens (tertiary/aromatic N) is 1. The summed E-state index contributed by atoms with van der Waals surface area (Å²) in [6.45, 7) is 2.85. The van der Waals surface area contributed by atoms with E-state index in [0.29, 0.717) is 18.9 Å². The lowest BCUT2D eigenvalue weighted by atomic mass is 10.1. The topological polar surface area (TPSA) is 68.4 Å². The fraction of sp³-hybridized carbons (Fsp3) is 0.250. The van der Waals surface area contributed by atoms with Gasteiger partial charge in [0.15, 0.2) is 0 Å². The summed E-state index contributed by atoms with van der Waals surface area (Å²) in [5, 5.41) is 10.2. The largest absolute Gasteiger partial charge is 0.508 e. The SMILES string of the molecule is CCOc1cc(CN)nc2ccc(O)cc12. The van der Waals surface area contributed by atoms with Crippen LogP contribution in [-0.4, -0.2) is 16.7 Å². The number of ether oxygens (including phenoxy) is 1. The van der Waals surface area contributed by atoms with Gasteiger partial charge in [0, 0.05) is 18.0 Å². The highest BCUT2D eigenvalue weighted by molar-refractivity contribution is 5.86. The van der Waals surface area contributed by atoms with Gasteiger partial charge < -0.3 is 15.6 Å². The van der Waals surface area contributed by atoms with Crippen molar-refractivity contribution in [2.24, 2.45) is 5.73 Å². The molecular weight excluding hydrogens is 204 g/mol. The summed E-state index contributed by atoms with van der Waals surface area (Å²) in [5.41, 5.74) is 7.13. The van der Waals surface area contributed by atoms with E-state index in [1.165, 1.54) is 0 Å². The van der Waals surface area contributed by atoms with Crippen molar-refractivity contribution in [1.82, 2.24) is 4.98 Å². The maximum Gasteiger partial charge on any atom is 0.130 e. The summed E-state index contributed by atoms with van der Waals surface area (Å²) in [6.07, 6.45) is 0. The van der Waals surface area contributed by atoms with E-state index in [-0.39, 0.29) is 5.75 Å². The maximum absolute atomic E-state index is 9.44. The molecule has 0 fully saturated rings. The Balaban J connectivity index is 2.66. The van der Waals surface area contributed by atoms with Crippen LogP contribution >= 0.6 is 0 Å². The lowest BCUT2D eigenvalue weighted by molar-refractivity contribution is 0.343. The third kappa shape index (κ3) is 1.92. The second-order valence-corrected chi connectivity index (χ2v) is 3.45. The van der Waals surface area contributed by atoms with Crippen LogP contribution in [0.4, 0.5) is 0 Å². The molecule has 0 aliphatic rings. The minimum Gasteiger partial charge on any atom is -0.508 e. The molecule has 0 radical (unpaired) electrons. The van der Waals surface area contributed by atoms with E-state index >= 15 is 0 Å². The Morgan fingerprint density at radius 2 is 2.19 bits per heavy atom. The number of rotatable bonds is 3. The summed E-state index contributed by atoms with van der Waals surface area (Å²) in [7, 11) is 0. The molecule has 0 saturated carbocycles. The predicted octanol–water partition coefficient (Wildman–Crippen LogP) is 1.80. The molecule has 3 N–H and O–H groups in total. The zero-order valence-corrected chi connectivity index (χ0v) is 9.10. The van der Waals surface area contributed by atoms with Crippen LogP contribution in [0.1, 0.15) is 12.6 Å². The van der Waals surface area contributed by atoms with Gasteiger partial charge >= 0.3 is 0 Å². The number of aromatic hydroxyl groups is 1. The van der Waals surface area contributed by atoms with Gasteiger partial charge in [0.2, 0.25) is 0 Å². The number of pyridine rings is 1. The van der Waals surface area contributed by atoms with E-state index in [1.54, 1.807) is 18.2 Å². The van der Waals surface area contributed by atoms with Crippen LogP contribution < -0.4 is 10.5 Å². The highest BCUT2D eigenvalue weighted by Crippen LogP contribution is 2.28. The van der Waals surface area contributed by atoms with Gasteiger partial charge in [0.1, 0.15) is 11.5 Å². The number of nitrogens with two attached hydrogens (primary N) is 1. The smallest absolute Gasteiger partial charge is 0.130 e. The van der Waals surface area contributed by atoms with E-state index in [1.807, 2.05) is 13.0 Å². The molecule has 2 rings (SSSR count). The molecule has 0 aliphatic heterocycles. The van der Waals surface area contributed by atoms with Crippen LogP contribution in [0.5, 0.6) is 11.5 Å². The molecule has 0 bridgehead atoms. The lowest BCUT2D eigenvalue weighted by Crippen LogP contribution is -2.02. The number of hydrogen-bond acceptors (Lipinski definition) is 4. The first-order valence-corrected chi connectivity index (χ1v) is 5.20. The summed E-state index contributed by atoms with van der Waals surface area (Å²) in [6, 6.07) is 6.82. The van der Waals surface area contributed by atoms with Gasteiger partial charge in [0.05, 0.1) is 17.8 Å². The zero-order valence-electron chi connectivity index (χ0n) is 9.10. The number of fused-ring (bicyclic) bond motifs is 1. The van der Waals surface area contributed by atoms with Gasteiger partial charge in [-0.25, -0.2) is 0 Å². The van der Waals surface area contributed by atoms with Crippen molar-refractivity contribution in [2.45, 2.75) is 13.5 Å². The zero-order chi connectivity index (χ0) is 11.5. The Morgan fingerprint density at radius 1 is 1.38 bits per heavy atom. The molecule has 0 unspecified atom stereocenters. The first-order chi connectivity index (χ1) is 7.74. The molecule has 2 aromatic rings. The number of hydrogen-bond donors (Lipinski definition) is 2. The van der Waals surface area contributed by atoms with E-state index < -0.39 is 0 Å². The van der Waals surface area contributed by atoms with Crippen molar-refractivity contribution < 1.29 is 9.84 Å². The van der Waals surface area contributed by atoms with E-state index in [4.69, 9.17) is 10.5 Å². The van der Waals surface area contributed by atoms with E-state index in [2.05, 4.69) is 4.98 Å². The monoisotopic (exact) mass is 218 g/mol. The van der Waals surface area contributed by atoms with Gasteiger partial charge in [-0.2, -0.15) is 0 Å². The highest BCUT2D eigenvalue weighted by Gasteiger charge is 2.06. The third-order valence-electron chi connectivity index (χ3n) is 2.32. The first-order valence-electron chi connectivity index (χ1n) is 5.20. The predicted molar refractivity (Wildman–Crippen MR) is 62.5 cm³/mol. The second-order valence-electron chi connectivity index (χ2n) is 3.45. The molecule has 1 aromatic heterocycles. The molecule has 84 valence electrons. The van der Waals surface area contributed by atoms with Crippen molar-refractivity contribution in [3.05, 3.63) is 30.0 Å². The first kappa shape index (κ1) is 10.7. The molecule has 1 heterocycles. The molecule has 0 atom stereocenters. The highest BCUT2D eigenvalue weighted by atomic mass is 16.5. The third-order valence-corrected chi connectivity index (χ3v) is 2.32. The number of phenols is 1. The molecule has 0 saturated heterocycles. The Bertz CT molecular complexity index is 512. The minimum absolute atomic E-state index is 0.204. The molecule has 4 heteroatoms. The van der Waals surface area contributed by atoms with Crippen molar-refractivity contribution in [3.8, 4) is 11.5 Å². The second kappa shape index (κ2) is 4.37. The Morgan fingerprint density at radius 3 is 2.88 bits per heavy atom. The Hall–Kier alpha value is -1.81. The van der Waals surface area contributed by atoms with Crippen LogP contribution in [0.2, 0.25) is 0 Å². The van der Waals surface area contributed by atoms with Crippen molar-refractivity contribution in [3.63, 3.8) is 0 Å². The number of phenolic OH excluding ortho intramolecular Hbond substituents is 1. The van der Waals surface area contributed by atoms with Gasteiger partial charge in [-0.15, -0.1) is 0 Å². The van der Waals surface area contributed by atoms with Crippen LogP contribution in [0.25, 0.3) is 10.9 Å². The fourth-order valence-electron chi connectivity index (χ4n) is 1.61. The molecule has 0 aliphatic carbocycles. The Labute approximate surface area is 93.7 Å². The van der Waals surface area contributed by atoms with Gasteiger partial charge in [-0.05, 0) is 25.1 Å². The molecule has 0 spiro atoms. The molecule has 16 heavy (non-hydrogen) atoms. The standard InChI is InChI=1S/C12H14N2O2/c1-2-16-12-5-8(7-13)14-11-4-3-9(15)6-10(11)12/h3-6,15H,2,7,13H2,1H3. The quantitative estimate of drug-likeness (QED) is 0.824. The minimum atomic E-state index is 0.204. The molecule has 1 aromatic carbocycles. The van der Waals surface area contributed by atoms with Gasteiger partial charge in [-0.1, -0.05) is 0 Å². The molecule has 0 amide bonds. The van der Waals surface area contributed by atoms with Crippen molar-refractivity contribution in [2.75, 3.05) is 6.61 Å². The van der Waals surface area contributed by atoms with Crippen LogP contribution in [0, 0.1) is 0 Å². The van der Waals surface area contributed by atoms with Crippen molar-refractivity contribution >= 4 is 10.9 Å². The average Bonchev–Trinajstić information content (AvgIpc) is 2.30. The molecular formula is C12H14N2O2. The molecule has 4 nitrogen and oxygen atoms in total. The van der Waals surface area contributed by atoms with Crippen LogP contribution in [0.3, 0.4) is 0 Å². The van der Waals surface area contributed by atoms with Crippen LogP contribution in [-0.2, 0) is 6.54 Å². The Kier molecular flexibility index (Phi) is 2.92. The number of aromatic nitrogens is 1. The van der Waals surface area contributed by atoms with Crippen molar-refractivity contribution in [1.29, 1.82) is 0 Å². The average molecular weight is 218 g/mol. The van der Waals surface area contributed by atoms with Crippen LogP contribution in [0.15, 0.2) is 24.3 Å². The fourth-order valence-corrected chi connectivity index (χ4v) is 1.61. The van der Waals surface area contributed by atoms with Gasteiger partial charge in [0.25, 0.3) is 0 Å². The summed E-state index contributed by atoms with van der Waals surface area (Å²) < 4.78 is 5.51. The summed E-state index contributed by atoms with van der Waals surface area (Å²) >= 11 is 0. The summed E-state index contributed by atoms with van der Waals surface area (Å²) in [5.74, 6) is 0.916. The van der Waals surface area contributed by atoms with E-state index in [0.717, 1.165) is 16.6 Å². The maximum atomic E-state index is 9.44. The lowest BCUT2D eigenvalue weighted by Gasteiger charge is -2.09.